The van der Waals surface area contributed by atoms with Gasteiger partial charge in [-0.05, 0) is 37.1 Å². The average molecular weight is 281 g/mol. The van der Waals surface area contributed by atoms with E-state index in [1.54, 1.807) is 18.7 Å². The minimum absolute atomic E-state index is 0.511. The van der Waals surface area contributed by atoms with Gasteiger partial charge in [-0.15, -0.1) is 11.8 Å². The zero-order valence-electron chi connectivity index (χ0n) is 12.1. The Kier molecular flexibility index (Phi) is 5.88. The van der Waals surface area contributed by atoms with Gasteiger partial charge in [0.25, 0.3) is 0 Å². The van der Waals surface area contributed by atoms with Crippen molar-refractivity contribution in [2.75, 3.05) is 12.3 Å². The van der Waals surface area contributed by atoms with Crippen LogP contribution in [-0.4, -0.2) is 28.9 Å². The first-order valence-electron chi connectivity index (χ1n) is 6.60. The van der Waals surface area contributed by atoms with E-state index in [1.165, 1.54) is 5.56 Å². The van der Waals surface area contributed by atoms with Crippen molar-refractivity contribution in [1.82, 2.24) is 5.32 Å². The van der Waals surface area contributed by atoms with Gasteiger partial charge < -0.3 is 10.4 Å². The van der Waals surface area contributed by atoms with E-state index in [0.717, 1.165) is 4.90 Å². The van der Waals surface area contributed by atoms with E-state index in [-0.39, 0.29) is 0 Å². The first kappa shape index (κ1) is 16.1. The highest BCUT2D eigenvalue weighted by molar-refractivity contribution is 7.99. The summed E-state index contributed by atoms with van der Waals surface area (Å²) in [6, 6.07) is 8.35. The molecule has 2 N–H and O–H groups in total. The van der Waals surface area contributed by atoms with Gasteiger partial charge >= 0.3 is 5.97 Å². The van der Waals surface area contributed by atoms with Crippen molar-refractivity contribution in [2.24, 2.45) is 0 Å². The van der Waals surface area contributed by atoms with Crippen LogP contribution in [0.3, 0.4) is 0 Å². The Hall–Kier alpha value is -1.00. The molecule has 19 heavy (non-hydrogen) atoms. The normalized spacial score (nSPS) is 14.4. The van der Waals surface area contributed by atoms with E-state index >= 15 is 0 Å². The van der Waals surface area contributed by atoms with Crippen LogP contribution in [0.25, 0.3) is 0 Å². The Morgan fingerprint density at radius 2 is 1.95 bits per heavy atom. The van der Waals surface area contributed by atoms with E-state index < -0.39 is 11.5 Å². The summed E-state index contributed by atoms with van der Waals surface area (Å²) in [6.45, 7) is 8.62. The van der Waals surface area contributed by atoms with E-state index in [9.17, 15) is 9.90 Å². The zero-order valence-corrected chi connectivity index (χ0v) is 12.9. The van der Waals surface area contributed by atoms with Crippen molar-refractivity contribution in [3.05, 3.63) is 29.8 Å². The van der Waals surface area contributed by atoms with Crippen molar-refractivity contribution >= 4 is 17.7 Å². The molecule has 1 unspecified atom stereocenters. The number of carbonyl (C=O) groups is 1. The van der Waals surface area contributed by atoms with Crippen LogP contribution in [0.15, 0.2) is 29.2 Å². The van der Waals surface area contributed by atoms with Crippen molar-refractivity contribution in [3.63, 3.8) is 0 Å². The zero-order chi connectivity index (χ0) is 14.5. The van der Waals surface area contributed by atoms with E-state index in [2.05, 4.69) is 43.4 Å². The van der Waals surface area contributed by atoms with Gasteiger partial charge in [0.05, 0.1) is 0 Å². The molecule has 0 saturated heterocycles. The molecule has 0 fully saturated rings. The Morgan fingerprint density at radius 1 is 1.37 bits per heavy atom. The molecule has 0 bridgehead atoms. The number of carboxylic acid groups (broad SMARTS) is 1. The molecule has 0 aliphatic heterocycles. The predicted molar refractivity (Wildman–Crippen MR) is 81.0 cm³/mol. The summed E-state index contributed by atoms with van der Waals surface area (Å²) >= 11 is 1.57. The molecule has 4 heteroatoms. The van der Waals surface area contributed by atoms with Crippen LogP contribution in [0.4, 0.5) is 0 Å². The number of likely N-dealkylation sites (N-methyl/N-ethyl adjacent to an activating group) is 1. The number of hydrogen-bond donors (Lipinski definition) is 2. The van der Waals surface area contributed by atoms with Crippen molar-refractivity contribution in [3.8, 4) is 0 Å². The first-order chi connectivity index (χ1) is 8.89. The maximum Gasteiger partial charge on any atom is 0.324 e. The summed E-state index contributed by atoms with van der Waals surface area (Å²) in [4.78, 5) is 12.4. The van der Waals surface area contributed by atoms with Crippen molar-refractivity contribution in [1.29, 1.82) is 0 Å². The van der Waals surface area contributed by atoms with E-state index in [0.29, 0.717) is 18.2 Å². The standard InChI is InChI=1S/C15H23NO2S/c1-5-16-15(4,14(17)18)10-19-13-8-6-12(7-9-13)11(2)3/h6-9,11,16H,5,10H2,1-4H3,(H,17,18). The summed E-state index contributed by atoms with van der Waals surface area (Å²) in [7, 11) is 0. The highest BCUT2D eigenvalue weighted by Gasteiger charge is 2.31. The molecule has 106 valence electrons. The van der Waals surface area contributed by atoms with E-state index in [4.69, 9.17) is 0 Å². The third-order valence-corrected chi connectivity index (χ3v) is 4.44. The predicted octanol–water partition coefficient (Wildman–Crippen LogP) is 3.35. The Balaban J connectivity index is 2.67. The molecule has 1 rings (SSSR count). The van der Waals surface area contributed by atoms with Gasteiger partial charge in [-0.25, -0.2) is 0 Å². The Labute approximate surface area is 119 Å². The summed E-state index contributed by atoms with van der Waals surface area (Å²) in [5.74, 6) is 0.225. The fourth-order valence-corrected chi connectivity index (χ4v) is 2.76. The fraction of sp³-hybridized carbons (Fsp3) is 0.533. The van der Waals surface area contributed by atoms with Crippen molar-refractivity contribution in [2.45, 2.75) is 44.0 Å². The number of rotatable bonds is 7. The van der Waals surface area contributed by atoms with E-state index in [1.807, 2.05) is 6.92 Å². The van der Waals surface area contributed by atoms with Gasteiger partial charge in [0.15, 0.2) is 0 Å². The average Bonchev–Trinajstić information content (AvgIpc) is 2.37. The maximum atomic E-state index is 11.3. The molecular weight excluding hydrogens is 258 g/mol. The van der Waals surface area contributed by atoms with Crippen LogP contribution in [-0.2, 0) is 4.79 Å². The lowest BCUT2D eigenvalue weighted by Crippen LogP contribution is -2.51. The number of benzene rings is 1. The molecule has 0 amide bonds. The molecule has 0 aliphatic carbocycles. The molecular formula is C15H23NO2S. The molecule has 0 spiro atoms. The number of nitrogens with one attached hydrogen (secondary N) is 1. The molecule has 0 aromatic heterocycles. The number of carboxylic acids is 1. The maximum absolute atomic E-state index is 11.3. The Bertz CT molecular complexity index is 417. The molecule has 3 nitrogen and oxygen atoms in total. The second-order valence-corrected chi connectivity index (χ2v) is 6.23. The summed E-state index contributed by atoms with van der Waals surface area (Å²) in [5, 5.41) is 12.3. The van der Waals surface area contributed by atoms with Gasteiger partial charge in [-0.2, -0.15) is 0 Å². The molecule has 0 saturated carbocycles. The molecule has 1 atom stereocenters. The highest BCUT2D eigenvalue weighted by Crippen LogP contribution is 2.25. The van der Waals surface area contributed by atoms with Crippen LogP contribution in [0.5, 0.6) is 0 Å². The SMILES string of the molecule is CCNC(C)(CSc1ccc(C(C)C)cc1)C(=O)O. The fourth-order valence-electron chi connectivity index (χ4n) is 1.76. The summed E-state index contributed by atoms with van der Waals surface area (Å²) in [6.07, 6.45) is 0. The first-order valence-corrected chi connectivity index (χ1v) is 7.59. The minimum Gasteiger partial charge on any atom is -0.480 e. The third kappa shape index (κ3) is 4.55. The van der Waals surface area contributed by atoms with Gasteiger partial charge in [0.1, 0.15) is 5.54 Å². The van der Waals surface area contributed by atoms with Gasteiger partial charge in [0, 0.05) is 10.6 Å². The van der Waals surface area contributed by atoms with Crippen LogP contribution in [0.1, 0.15) is 39.2 Å². The largest absolute Gasteiger partial charge is 0.480 e. The molecule has 1 aromatic rings. The minimum atomic E-state index is -0.879. The van der Waals surface area contributed by atoms with Crippen molar-refractivity contribution < 1.29 is 9.90 Å². The molecule has 0 aliphatic rings. The Morgan fingerprint density at radius 3 is 2.37 bits per heavy atom. The van der Waals surface area contributed by atoms with Crippen LogP contribution >= 0.6 is 11.8 Å². The molecule has 1 aromatic carbocycles. The molecule has 0 radical (unpaired) electrons. The lowest BCUT2D eigenvalue weighted by atomic mass is 10.0. The van der Waals surface area contributed by atoms with Crippen LogP contribution in [0.2, 0.25) is 0 Å². The molecule has 0 heterocycles. The third-order valence-electron chi connectivity index (χ3n) is 3.11. The number of hydrogen-bond acceptors (Lipinski definition) is 3. The summed E-state index contributed by atoms with van der Waals surface area (Å²) in [5.41, 5.74) is 0.424. The lowest BCUT2D eigenvalue weighted by Gasteiger charge is -2.25. The highest BCUT2D eigenvalue weighted by atomic mass is 32.2. The smallest absolute Gasteiger partial charge is 0.324 e. The number of aliphatic carboxylic acids is 1. The van der Waals surface area contributed by atoms with Gasteiger partial charge in [-0.3, -0.25) is 4.79 Å². The summed E-state index contributed by atoms with van der Waals surface area (Å²) < 4.78 is 0. The van der Waals surface area contributed by atoms with Crippen LogP contribution < -0.4 is 5.32 Å². The van der Waals surface area contributed by atoms with Gasteiger partial charge in [0.2, 0.25) is 0 Å². The van der Waals surface area contributed by atoms with Gasteiger partial charge in [-0.1, -0.05) is 32.9 Å². The monoisotopic (exact) mass is 281 g/mol. The lowest BCUT2D eigenvalue weighted by molar-refractivity contribution is -0.143. The second-order valence-electron chi connectivity index (χ2n) is 5.18. The quantitative estimate of drug-likeness (QED) is 0.752. The second kappa shape index (κ2) is 6.96. The van der Waals surface area contributed by atoms with Crippen LogP contribution in [0, 0.1) is 0 Å². The topological polar surface area (TPSA) is 49.3 Å². The number of thioether (sulfide) groups is 1.